The van der Waals surface area contributed by atoms with Gasteiger partial charge >= 0.3 is 0 Å². The lowest BCUT2D eigenvalue weighted by molar-refractivity contribution is 0.506. The summed E-state index contributed by atoms with van der Waals surface area (Å²) in [6.45, 7) is 2.96. The number of furan rings is 1. The highest BCUT2D eigenvalue weighted by molar-refractivity contribution is 9.10. The van der Waals surface area contributed by atoms with Gasteiger partial charge in [-0.05, 0) is 52.7 Å². The van der Waals surface area contributed by atoms with Crippen LogP contribution in [0.4, 0.5) is 0 Å². The quantitative estimate of drug-likeness (QED) is 0.786. The molecule has 0 spiro atoms. The van der Waals surface area contributed by atoms with Crippen molar-refractivity contribution >= 4 is 39.1 Å². The fraction of sp³-hybridized carbons (Fsp3) is 0.286. The lowest BCUT2D eigenvalue weighted by Gasteiger charge is -2.17. The van der Waals surface area contributed by atoms with Crippen molar-refractivity contribution in [2.24, 2.45) is 0 Å². The van der Waals surface area contributed by atoms with Gasteiger partial charge in [-0.2, -0.15) is 0 Å². The first-order valence-electron chi connectivity index (χ1n) is 6.02. The van der Waals surface area contributed by atoms with Crippen molar-refractivity contribution < 1.29 is 4.42 Å². The normalized spacial score (nSPS) is 12.6. The van der Waals surface area contributed by atoms with Gasteiger partial charge < -0.3 is 9.73 Å². The van der Waals surface area contributed by atoms with Crippen molar-refractivity contribution in [1.82, 2.24) is 5.32 Å². The van der Waals surface area contributed by atoms with E-state index in [0.717, 1.165) is 28.8 Å². The lowest BCUT2D eigenvalue weighted by atomic mass is 10.0. The van der Waals surface area contributed by atoms with Crippen LogP contribution in [0.25, 0.3) is 0 Å². The molecule has 0 saturated heterocycles. The molecule has 102 valence electrons. The molecule has 0 aliphatic carbocycles. The van der Waals surface area contributed by atoms with Gasteiger partial charge in [0.1, 0.15) is 0 Å². The Kier molecular flexibility index (Phi) is 5.34. The summed E-state index contributed by atoms with van der Waals surface area (Å²) in [7, 11) is 0. The van der Waals surface area contributed by atoms with E-state index < -0.39 is 0 Å². The van der Waals surface area contributed by atoms with E-state index in [1.807, 2.05) is 24.3 Å². The van der Waals surface area contributed by atoms with Crippen molar-refractivity contribution in [3.05, 3.63) is 56.4 Å². The van der Waals surface area contributed by atoms with Crippen LogP contribution in [0.1, 0.15) is 24.1 Å². The fourth-order valence-corrected chi connectivity index (χ4v) is 2.83. The van der Waals surface area contributed by atoms with E-state index in [1.54, 1.807) is 6.26 Å². The smallest absolute Gasteiger partial charge is 0.173 e. The third-order valence-corrected chi connectivity index (χ3v) is 4.28. The van der Waals surface area contributed by atoms with Crippen LogP contribution in [0.2, 0.25) is 10.0 Å². The highest BCUT2D eigenvalue weighted by atomic mass is 79.9. The summed E-state index contributed by atoms with van der Waals surface area (Å²) in [5, 5.41) is 4.60. The van der Waals surface area contributed by atoms with Crippen LogP contribution in [0, 0.1) is 0 Å². The fourth-order valence-electron chi connectivity index (χ4n) is 1.99. The van der Waals surface area contributed by atoms with Crippen LogP contribution >= 0.6 is 39.1 Å². The molecular weight excluding hydrogens is 349 g/mol. The maximum atomic E-state index is 6.05. The zero-order valence-corrected chi connectivity index (χ0v) is 13.5. The van der Waals surface area contributed by atoms with Gasteiger partial charge in [0.2, 0.25) is 0 Å². The molecule has 5 heteroatoms. The maximum absolute atomic E-state index is 6.05. The van der Waals surface area contributed by atoms with Gasteiger partial charge in [-0.3, -0.25) is 0 Å². The number of benzene rings is 1. The summed E-state index contributed by atoms with van der Waals surface area (Å²) < 4.78 is 6.06. The van der Waals surface area contributed by atoms with Crippen LogP contribution < -0.4 is 5.32 Å². The summed E-state index contributed by atoms with van der Waals surface area (Å²) in [4.78, 5) is 0. The minimum absolute atomic E-state index is 0.176. The lowest BCUT2D eigenvalue weighted by Crippen LogP contribution is -2.22. The van der Waals surface area contributed by atoms with Gasteiger partial charge in [0, 0.05) is 11.6 Å². The molecule has 0 amide bonds. The molecule has 2 rings (SSSR count). The summed E-state index contributed by atoms with van der Waals surface area (Å²) in [6.07, 6.45) is 2.50. The Labute approximate surface area is 131 Å². The first kappa shape index (κ1) is 14.9. The molecule has 0 saturated carbocycles. The van der Waals surface area contributed by atoms with Crippen LogP contribution in [0.3, 0.4) is 0 Å². The van der Waals surface area contributed by atoms with Crippen molar-refractivity contribution in [1.29, 1.82) is 0 Å². The van der Waals surface area contributed by atoms with E-state index in [0.29, 0.717) is 10.0 Å². The van der Waals surface area contributed by atoms with Crippen molar-refractivity contribution in [2.75, 3.05) is 6.54 Å². The Morgan fingerprint density at radius 2 is 2.05 bits per heavy atom. The average molecular weight is 363 g/mol. The number of likely N-dealkylation sites (N-methyl/N-ethyl adjacent to an activating group) is 1. The predicted octanol–water partition coefficient (Wildman–Crippen LogP) is 5.24. The molecule has 2 aromatic rings. The standard InChI is InChI=1S/C14H14BrCl2NO/c1-2-18-13(10-5-6-19-14(10)15)8-9-3-4-11(16)12(17)7-9/h3-7,13,18H,2,8H2,1H3. The Bertz CT molecular complexity index is 556. The molecule has 1 heterocycles. The number of hydrogen-bond donors (Lipinski definition) is 1. The monoisotopic (exact) mass is 361 g/mol. The van der Waals surface area contributed by atoms with Crippen LogP contribution in [-0.2, 0) is 6.42 Å². The second-order valence-electron chi connectivity index (χ2n) is 4.21. The molecule has 1 atom stereocenters. The number of nitrogens with one attached hydrogen (secondary N) is 1. The van der Waals surface area contributed by atoms with Gasteiger partial charge in [0.25, 0.3) is 0 Å². The Morgan fingerprint density at radius 1 is 1.26 bits per heavy atom. The molecule has 0 aliphatic rings. The molecule has 0 fully saturated rings. The van der Waals surface area contributed by atoms with E-state index in [1.165, 1.54) is 0 Å². The van der Waals surface area contributed by atoms with E-state index in [-0.39, 0.29) is 6.04 Å². The Morgan fingerprint density at radius 3 is 2.63 bits per heavy atom. The van der Waals surface area contributed by atoms with Gasteiger partial charge in [-0.15, -0.1) is 0 Å². The second-order valence-corrected chi connectivity index (χ2v) is 5.75. The van der Waals surface area contributed by atoms with Gasteiger partial charge in [0.15, 0.2) is 4.67 Å². The average Bonchev–Trinajstić information content (AvgIpc) is 2.79. The Balaban J connectivity index is 2.21. The molecule has 1 N–H and O–H groups in total. The molecule has 0 aliphatic heterocycles. The van der Waals surface area contributed by atoms with Crippen LogP contribution in [0.15, 0.2) is 39.6 Å². The number of hydrogen-bond acceptors (Lipinski definition) is 2. The molecule has 19 heavy (non-hydrogen) atoms. The number of rotatable bonds is 5. The van der Waals surface area contributed by atoms with Gasteiger partial charge in [0.05, 0.1) is 16.3 Å². The minimum atomic E-state index is 0.176. The SMILES string of the molecule is CCNC(Cc1ccc(Cl)c(Cl)c1)c1ccoc1Br. The van der Waals surface area contributed by atoms with Crippen molar-refractivity contribution in [3.8, 4) is 0 Å². The Hall–Kier alpha value is -0.480. The second kappa shape index (κ2) is 6.80. The molecule has 0 radical (unpaired) electrons. The third kappa shape index (κ3) is 3.76. The summed E-state index contributed by atoms with van der Waals surface area (Å²) in [6, 6.07) is 7.87. The molecule has 2 nitrogen and oxygen atoms in total. The van der Waals surface area contributed by atoms with E-state index in [4.69, 9.17) is 27.6 Å². The largest absolute Gasteiger partial charge is 0.457 e. The summed E-state index contributed by atoms with van der Waals surface area (Å²) in [5.74, 6) is 0. The van der Waals surface area contributed by atoms with E-state index >= 15 is 0 Å². The molecular formula is C14H14BrCl2NO. The van der Waals surface area contributed by atoms with Crippen LogP contribution in [0.5, 0.6) is 0 Å². The van der Waals surface area contributed by atoms with Gasteiger partial charge in [-0.25, -0.2) is 0 Å². The third-order valence-electron chi connectivity index (χ3n) is 2.90. The molecule has 1 unspecified atom stereocenters. The van der Waals surface area contributed by atoms with Crippen molar-refractivity contribution in [2.45, 2.75) is 19.4 Å². The number of halogens is 3. The highest BCUT2D eigenvalue weighted by Gasteiger charge is 2.16. The molecule has 1 aromatic carbocycles. The highest BCUT2D eigenvalue weighted by Crippen LogP contribution is 2.29. The summed E-state index contributed by atoms with van der Waals surface area (Å²) in [5.41, 5.74) is 2.24. The molecule has 0 bridgehead atoms. The van der Waals surface area contributed by atoms with Crippen LogP contribution in [-0.4, -0.2) is 6.54 Å². The minimum Gasteiger partial charge on any atom is -0.457 e. The maximum Gasteiger partial charge on any atom is 0.173 e. The first-order chi connectivity index (χ1) is 9.11. The zero-order valence-electron chi connectivity index (χ0n) is 10.4. The van der Waals surface area contributed by atoms with Crippen molar-refractivity contribution in [3.63, 3.8) is 0 Å². The molecule has 1 aromatic heterocycles. The van der Waals surface area contributed by atoms with E-state index in [2.05, 4.69) is 28.2 Å². The van der Waals surface area contributed by atoms with Gasteiger partial charge in [-0.1, -0.05) is 36.2 Å². The topological polar surface area (TPSA) is 25.2 Å². The predicted molar refractivity (Wildman–Crippen MR) is 83.0 cm³/mol. The van der Waals surface area contributed by atoms with E-state index in [9.17, 15) is 0 Å². The summed E-state index contributed by atoms with van der Waals surface area (Å²) >= 11 is 15.4. The first-order valence-corrected chi connectivity index (χ1v) is 7.57. The zero-order chi connectivity index (χ0) is 13.8.